The van der Waals surface area contributed by atoms with E-state index >= 15 is 0 Å². The number of fused-ring (bicyclic) bond motifs is 1. The van der Waals surface area contributed by atoms with Crippen LogP contribution < -0.4 is 4.40 Å². The number of hydrogen-bond acceptors (Lipinski definition) is 3. The van der Waals surface area contributed by atoms with Crippen molar-refractivity contribution in [2.24, 2.45) is 0 Å². The van der Waals surface area contributed by atoms with Gasteiger partial charge in [-0.1, -0.05) is 15.9 Å². The lowest BCUT2D eigenvalue weighted by atomic mass is 10.1. The van der Waals surface area contributed by atoms with Crippen molar-refractivity contribution in [3.05, 3.63) is 64.4 Å². The molecule has 5 heteroatoms. The number of ketones is 1. The largest absolute Gasteiger partial charge is 0.476 e. The number of hydrogen-bond donors (Lipinski definition) is 1. The van der Waals surface area contributed by atoms with Crippen LogP contribution in [0.25, 0.3) is 5.71 Å². The summed E-state index contributed by atoms with van der Waals surface area (Å²) in [6.07, 6.45) is 1.67. The Hall–Kier alpha value is -2.14. The number of nitrogens with zero attached hydrogens (tertiary/aromatic N) is 1. The van der Waals surface area contributed by atoms with Gasteiger partial charge >= 0.3 is 17.4 Å². The zero-order valence-electron chi connectivity index (χ0n) is 9.71. The first-order valence-electron chi connectivity index (χ1n) is 5.59. The van der Waals surface area contributed by atoms with Gasteiger partial charge in [-0.05, 0) is 30.3 Å². The Morgan fingerprint density at radius 3 is 2.63 bits per heavy atom. The van der Waals surface area contributed by atoms with Crippen molar-refractivity contribution < 1.29 is 18.7 Å². The summed E-state index contributed by atoms with van der Waals surface area (Å²) in [6.45, 7) is 0. The first-order chi connectivity index (χ1) is 9.16. The molecule has 0 bridgehead atoms. The molecule has 0 aliphatic carbocycles. The molecule has 0 unspecified atom stereocenters. The molecule has 0 amide bonds. The van der Waals surface area contributed by atoms with Gasteiger partial charge < -0.3 is 9.52 Å². The van der Waals surface area contributed by atoms with Gasteiger partial charge in [-0.3, -0.25) is 4.79 Å². The van der Waals surface area contributed by atoms with Crippen LogP contribution in [0.15, 0.2) is 57.6 Å². The summed E-state index contributed by atoms with van der Waals surface area (Å²) >= 11 is 3.31. The number of halogens is 1. The summed E-state index contributed by atoms with van der Waals surface area (Å²) in [7, 11) is 0. The van der Waals surface area contributed by atoms with Crippen LogP contribution in [0, 0.1) is 0 Å². The third-order valence-corrected chi connectivity index (χ3v) is 3.32. The van der Waals surface area contributed by atoms with Crippen LogP contribution in [-0.4, -0.2) is 10.9 Å². The normalized spacial score (nSPS) is 10.8. The van der Waals surface area contributed by atoms with E-state index in [1.54, 1.807) is 48.7 Å². The first kappa shape index (κ1) is 11.9. The predicted octanol–water partition coefficient (Wildman–Crippen LogP) is 2.72. The van der Waals surface area contributed by atoms with Gasteiger partial charge in [-0.25, -0.2) is 0 Å². The minimum Gasteiger partial charge on any atom is -0.476 e. The highest BCUT2D eigenvalue weighted by Crippen LogP contribution is 2.21. The number of rotatable bonds is 2. The van der Waals surface area contributed by atoms with E-state index < -0.39 is 0 Å². The van der Waals surface area contributed by atoms with Crippen molar-refractivity contribution in [3.8, 4) is 5.95 Å². The molecule has 94 valence electrons. The van der Waals surface area contributed by atoms with Crippen LogP contribution in [-0.2, 0) is 0 Å². The molecule has 4 nitrogen and oxygen atoms in total. The summed E-state index contributed by atoms with van der Waals surface area (Å²) in [5, 5.41) is 9.80. The van der Waals surface area contributed by atoms with Crippen LogP contribution >= 0.6 is 15.9 Å². The second kappa shape index (κ2) is 4.51. The maximum Gasteiger partial charge on any atom is 0.382 e. The number of carbonyl (C=O) groups excluding carboxylic acids is 1. The second-order valence-corrected chi connectivity index (χ2v) is 4.92. The number of pyridine rings is 1. The molecular formula is C14H9BrNO3+. The molecular weight excluding hydrogens is 310 g/mol. The van der Waals surface area contributed by atoms with Gasteiger partial charge in [-0.2, -0.15) is 0 Å². The molecule has 3 rings (SSSR count). The Balaban J connectivity index is 2.16. The van der Waals surface area contributed by atoms with Crippen molar-refractivity contribution in [1.29, 1.82) is 0 Å². The lowest BCUT2D eigenvalue weighted by molar-refractivity contribution is -0.516. The average molecular weight is 319 g/mol. The second-order valence-electron chi connectivity index (χ2n) is 4.00. The maximum atomic E-state index is 12.4. The van der Waals surface area contributed by atoms with Crippen LogP contribution in [0.1, 0.15) is 16.1 Å². The molecule has 2 heterocycles. The van der Waals surface area contributed by atoms with Crippen molar-refractivity contribution in [2.45, 2.75) is 0 Å². The molecule has 0 radical (unpaired) electrons. The number of benzene rings is 1. The molecule has 0 saturated heterocycles. The van der Waals surface area contributed by atoms with Crippen LogP contribution in [0.3, 0.4) is 0 Å². The van der Waals surface area contributed by atoms with E-state index in [-0.39, 0.29) is 17.4 Å². The molecule has 2 aromatic heterocycles. The first-order valence-corrected chi connectivity index (χ1v) is 6.38. The number of aromatic hydroxyl groups is 1. The number of carbonyl (C=O) groups is 1. The average Bonchev–Trinajstić information content (AvgIpc) is 2.74. The van der Waals surface area contributed by atoms with Crippen molar-refractivity contribution in [2.75, 3.05) is 0 Å². The van der Waals surface area contributed by atoms with Crippen molar-refractivity contribution in [1.82, 2.24) is 0 Å². The van der Waals surface area contributed by atoms with E-state index in [0.29, 0.717) is 11.3 Å². The lowest BCUT2D eigenvalue weighted by Crippen LogP contribution is -2.27. The Labute approximate surface area is 117 Å². The molecule has 1 aromatic carbocycles. The Bertz CT molecular complexity index is 762. The highest BCUT2D eigenvalue weighted by Gasteiger charge is 2.30. The van der Waals surface area contributed by atoms with Gasteiger partial charge in [0.2, 0.25) is 0 Å². The molecule has 3 aromatic rings. The van der Waals surface area contributed by atoms with Crippen LogP contribution in [0.5, 0.6) is 5.95 Å². The SMILES string of the molecule is O=C(c1ccc(Br)cc1)c1c(O)oc2cccc[n+]12. The number of aromatic nitrogens is 1. The van der Waals surface area contributed by atoms with Gasteiger partial charge in [0, 0.05) is 16.1 Å². The molecule has 0 fully saturated rings. The maximum absolute atomic E-state index is 12.4. The van der Waals surface area contributed by atoms with Gasteiger partial charge in [0.1, 0.15) is 0 Å². The third-order valence-electron chi connectivity index (χ3n) is 2.79. The molecule has 0 atom stereocenters. The lowest BCUT2D eigenvalue weighted by Gasteiger charge is -1.95. The fraction of sp³-hybridized carbons (Fsp3) is 0. The van der Waals surface area contributed by atoms with E-state index in [1.165, 1.54) is 4.40 Å². The third kappa shape index (κ3) is 2.02. The quantitative estimate of drug-likeness (QED) is 0.584. The summed E-state index contributed by atoms with van der Waals surface area (Å²) in [4.78, 5) is 12.4. The smallest absolute Gasteiger partial charge is 0.382 e. The highest BCUT2D eigenvalue weighted by molar-refractivity contribution is 9.10. The Morgan fingerprint density at radius 2 is 1.89 bits per heavy atom. The van der Waals surface area contributed by atoms with Crippen LogP contribution in [0.2, 0.25) is 0 Å². The van der Waals surface area contributed by atoms with Crippen molar-refractivity contribution in [3.63, 3.8) is 0 Å². The van der Waals surface area contributed by atoms with E-state index in [9.17, 15) is 9.90 Å². The number of oxazole rings is 1. The Morgan fingerprint density at radius 1 is 1.16 bits per heavy atom. The fourth-order valence-corrected chi connectivity index (χ4v) is 2.15. The van der Waals surface area contributed by atoms with E-state index in [1.807, 2.05) is 0 Å². The van der Waals surface area contributed by atoms with Gasteiger partial charge in [0.05, 0.1) is 6.07 Å². The monoisotopic (exact) mass is 318 g/mol. The standard InChI is InChI=1S/C14H8BrNO3/c15-10-6-4-9(5-7-10)13(17)12-14(18)19-11-3-1-2-8-16(11)12/h1-8H/p+1. The van der Waals surface area contributed by atoms with Gasteiger partial charge in [0.15, 0.2) is 6.20 Å². The van der Waals surface area contributed by atoms with Crippen LogP contribution in [0.4, 0.5) is 0 Å². The molecule has 1 N–H and O–H groups in total. The minimum absolute atomic E-state index is 0.123. The molecule has 0 aliphatic heterocycles. The molecule has 0 spiro atoms. The fourth-order valence-electron chi connectivity index (χ4n) is 1.89. The summed E-state index contributed by atoms with van der Waals surface area (Å²) in [5.41, 5.74) is 1.02. The Kier molecular flexibility index (Phi) is 2.83. The topological polar surface area (TPSA) is 54.5 Å². The minimum atomic E-state index is -0.376. The predicted molar refractivity (Wildman–Crippen MR) is 71.1 cm³/mol. The molecule has 0 aliphatic rings. The molecule has 0 saturated carbocycles. The highest BCUT2D eigenvalue weighted by atomic mass is 79.9. The van der Waals surface area contributed by atoms with Gasteiger partial charge in [-0.15, -0.1) is 4.40 Å². The zero-order valence-corrected chi connectivity index (χ0v) is 11.3. The summed E-state index contributed by atoms with van der Waals surface area (Å²) in [6, 6.07) is 12.1. The summed E-state index contributed by atoms with van der Waals surface area (Å²) < 4.78 is 7.57. The van der Waals surface area contributed by atoms with E-state index in [0.717, 1.165) is 4.47 Å². The van der Waals surface area contributed by atoms with E-state index in [2.05, 4.69) is 15.9 Å². The van der Waals surface area contributed by atoms with Crippen molar-refractivity contribution >= 4 is 27.4 Å². The van der Waals surface area contributed by atoms with Gasteiger partial charge in [0.25, 0.3) is 5.78 Å². The molecule has 19 heavy (non-hydrogen) atoms. The summed E-state index contributed by atoms with van der Waals surface area (Å²) in [5.74, 6) is -0.668. The zero-order chi connectivity index (χ0) is 13.4. The van der Waals surface area contributed by atoms with E-state index in [4.69, 9.17) is 4.42 Å².